The summed E-state index contributed by atoms with van der Waals surface area (Å²) in [5, 5.41) is 8.33. The van der Waals surface area contributed by atoms with Gasteiger partial charge in [0.1, 0.15) is 17.8 Å². The number of aromatic nitrogens is 2. The molecule has 1 N–H and O–H groups in total. The number of allylic oxidation sites excluding steroid dienone is 2. The number of nitrogens with one attached hydrogen (secondary N) is 1. The van der Waals surface area contributed by atoms with Crippen LogP contribution in [0.5, 0.6) is 11.5 Å². The van der Waals surface area contributed by atoms with Crippen LogP contribution in [0.2, 0.25) is 0 Å². The van der Waals surface area contributed by atoms with E-state index in [1.54, 1.807) is 20.4 Å². The molecule has 6 nitrogen and oxygen atoms in total. The Morgan fingerprint density at radius 3 is 2.12 bits per heavy atom. The molecule has 0 spiro atoms. The molecule has 0 aliphatic heterocycles. The Bertz CT molecular complexity index is 1160. The number of aldehydes is 1. The van der Waals surface area contributed by atoms with Crippen molar-refractivity contribution in [2.75, 3.05) is 19.5 Å². The van der Waals surface area contributed by atoms with Gasteiger partial charge in [0.15, 0.2) is 5.82 Å². The Morgan fingerprint density at radius 1 is 1.00 bits per heavy atom. The molecule has 0 bridgehead atoms. The van der Waals surface area contributed by atoms with Crippen molar-refractivity contribution in [3.63, 3.8) is 0 Å². The Labute approximate surface area is 193 Å². The van der Waals surface area contributed by atoms with Crippen molar-refractivity contribution in [3.05, 3.63) is 83.1 Å². The molecular weight excluding hydrogens is 414 g/mol. The minimum atomic E-state index is -0.408. The molecule has 0 unspecified atom stereocenters. The van der Waals surface area contributed by atoms with Gasteiger partial charge in [0.05, 0.1) is 19.9 Å². The van der Waals surface area contributed by atoms with Crippen LogP contribution in [0.15, 0.2) is 60.7 Å². The molecule has 1 saturated carbocycles. The van der Waals surface area contributed by atoms with Crippen LogP contribution in [0.25, 0.3) is 12.3 Å². The summed E-state index contributed by atoms with van der Waals surface area (Å²) in [6.07, 6.45) is 11.4. The molecule has 5 rings (SSSR count). The number of hydrogen-bond acceptors (Lipinski definition) is 5. The topological polar surface area (TPSA) is 65.4 Å². The number of hydrogen-bond donors (Lipinski definition) is 1. The largest absolute Gasteiger partial charge is 0.497 e. The molecule has 0 atom stereocenters. The van der Waals surface area contributed by atoms with Crippen molar-refractivity contribution in [2.24, 2.45) is 0 Å². The summed E-state index contributed by atoms with van der Waals surface area (Å²) in [5.74, 6) is 2.51. The molecule has 2 aliphatic rings. The molecule has 2 aliphatic carbocycles. The Morgan fingerprint density at radius 2 is 1.61 bits per heavy atom. The maximum absolute atomic E-state index is 11.1. The van der Waals surface area contributed by atoms with Crippen LogP contribution in [0, 0.1) is 0 Å². The minimum Gasteiger partial charge on any atom is -0.497 e. The van der Waals surface area contributed by atoms with Gasteiger partial charge >= 0.3 is 0 Å². The molecule has 33 heavy (non-hydrogen) atoms. The van der Waals surface area contributed by atoms with E-state index in [-0.39, 0.29) is 0 Å². The van der Waals surface area contributed by atoms with Gasteiger partial charge in [-0.1, -0.05) is 36.4 Å². The van der Waals surface area contributed by atoms with Crippen LogP contribution < -0.4 is 14.8 Å². The summed E-state index contributed by atoms with van der Waals surface area (Å²) in [4.78, 5) is 11.1. The zero-order valence-electron chi connectivity index (χ0n) is 18.8. The van der Waals surface area contributed by atoms with Gasteiger partial charge in [0.2, 0.25) is 0 Å². The Hall–Kier alpha value is -3.80. The van der Waals surface area contributed by atoms with Crippen LogP contribution in [-0.4, -0.2) is 36.3 Å². The van der Waals surface area contributed by atoms with E-state index < -0.39 is 5.41 Å². The summed E-state index contributed by atoms with van der Waals surface area (Å²) in [7, 11) is 3.35. The highest BCUT2D eigenvalue weighted by atomic mass is 16.5. The Balaban J connectivity index is 1.65. The van der Waals surface area contributed by atoms with Crippen LogP contribution >= 0.6 is 0 Å². The van der Waals surface area contributed by atoms with E-state index in [4.69, 9.17) is 14.6 Å². The zero-order chi connectivity index (χ0) is 22.8. The molecule has 1 fully saturated rings. The fraction of sp³-hybridized carbons (Fsp3) is 0.259. The summed E-state index contributed by atoms with van der Waals surface area (Å²) in [5.41, 5.74) is 4.04. The van der Waals surface area contributed by atoms with Gasteiger partial charge in [-0.3, -0.25) is 4.79 Å². The van der Waals surface area contributed by atoms with Crippen LogP contribution in [0.1, 0.15) is 35.2 Å². The Kier molecular flexibility index (Phi) is 5.50. The number of nitrogens with zero attached hydrogens (tertiary/aromatic N) is 2. The number of ether oxygens (including phenoxy) is 2. The van der Waals surface area contributed by atoms with Gasteiger partial charge in [-0.2, -0.15) is 5.10 Å². The molecule has 0 saturated heterocycles. The van der Waals surface area contributed by atoms with Crippen molar-refractivity contribution in [3.8, 4) is 11.5 Å². The fourth-order valence-corrected chi connectivity index (χ4v) is 4.49. The van der Waals surface area contributed by atoms with E-state index in [1.807, 2.05) is 28.9 Å². The lowest BCUT2D eigenvalue weighted by Gasteiger charge is -2.35. The van der Waals surface area contributed by atoms with E-state index in [0.29, 0.717) is 12.5 Å². The molecule has 3 aromatic rings. The normalized spacial score (nSPS) is 16.4. The van der Waals surface area contributed by atoms with Crippen molar-refractivity contribution in [1.29, 1.82) is 0 Å². The predicted molar refractivity (Wildman–Crippen MR) is 130 cm³/mol. The highest BCUT2D eigenvalue weighted by molar-refractivity contribution is 5.74. The second-order valence-electron chi connectivity index (χ2n) is 8.49. The molecule has 2 aromatic carbocycles. The monoisotopic (exact) mass is 441 g/mol. The number of anilines is 1. The molecule has 6 heteroatoms. The second kappa shape index (κ2) is 8.62. The first kappa shape index (κ1) is 21.1. The highest BCUT2D eigenvalue weighted by Crippen LogP contribution is 2.44. The summed E-state index contributed by atoms with van der Waals surface area (Å²) >= 11 is 0. The lowest BCUT2D eigenvalue weighted by atomic mass is 9.68. The maximum atomic E-state index is 11.1. The van der Waals surface area contributed by atoms with Crippen molar-refractivity contribution >= 4 is 24.4 Å². The first-order valence-electron chi connectivity index (χ1n) is 11.1. The van der Waals surface area contributed by atoms with Crippen LogP contribution in [0.3, 0.4) is 0 Å². The van der Waals surface area contributed by atoms with Gasteiger partial charge < -0.3 is 14.8 Å². The summed E-state index contributed by atoms with van der Waals surface area (Å²) < 4.78 is 12.6. The number of fused-ring (bicyclic) bond motifs is 1. The number of carbonyl (C=O) groups is 1. The van der Waals surface area contributed by atoms with Gasteiger partial charge in [0.25, 0.3) is 0 Å². The van der Waals surface area contributed by atoms with E-state index in [2.05, 4.69) is 41.7 Å². The number of benzene rings is 2. The smallest absolute Gasteiger partial charge is 0.156 e. The van der Waals surface area contributed by atoms with Gasteiger partial charge in [-0.15, -0.1) is 0 Å². The number of carbonyl (C=O) groups excluding carboxylic acids is 1. The number of methoxy groups -OCH3 is 2. The zero-order valence-corrected chi connectivity index (χ0v) is 18.8. The second-order valence-corrected chi connectivity index (χ2v) is 8.49. The molecule has 1 heterocycles. The molecular formula is C27H27N3O3. The lowest BCUT2D eigenvalue weighted by Crippen LogP contribution is -2.31. The molecule has 0 radical (unpaired) electrons. The maximum Gasteiger partial charge on any atom is 0.156 e. The summed E-state index contributed by atoms with van der Waals surface area (Å²) in [6, 6.07) is 16.9. The van der Waals surface area contributed by atoms with E-state index in [9.17, 15) is 4.79 Å². The van der Waals surface area contributed by atoms with E-state index in [1.165, 1.54) is 6.08 Å². The number of rotatable bonds is 8. The van der Waals surface area contributed by atoms with E-state index in [0.717, 1.165) is 58.8 Å². The lowest BCUT2D eigenvalue weighted by molar-refractivity contribution is -0.104. The highest BCUT2D eigenvalue weighted by Gasteiger charge is 2.38. The third kappa shape index (κ3) is 3.93. The third-order valence-corrected chi connectivity index (χ3v) is 6.47. The quantitative estimate of drug-likeness (QED) is 0.406. The standard InChI is InChI=1S/C27H27N3O3/c1-32-22-10-4-19(5-11-22)27(20-6-12-23(33-2)13-7-20)15-14-24-25(18-27)30(16-3-17-31)29-26(24)28-21-8-9-21/h3-7,10-17,21H,8-9,18H2,1-2H3,(H,28,29). The first-order chi connectivity index (χ1) is 16.2. The predicted octanol–water partition coefficient (Wildman–Crippen LogP) is 4.70. The molecule has 1 aromatic heterocycles. The summed E-state index contributed by atoms with van der Waals surface area (Å²) in [6.45, 7) is 0. The van der Waals surface area contributed by atoms with Crippen molar-refractivity contribution < 1.29 is 14.3 Å². The SMILES string of the molecule is COc1ccc(C2(c3ccc(OC)cc3)C=Cc3c(NC4CC4)nn(C=CC=O)c3C2)cc1. The molecule has 168 valence electrons. The molecule has 0 amide bonds. The van der Waals surface area contributed by atoms with Crippen LogP contribution in [-0.2, 0) is 16.6 Å². The first-order valence-corrected chi connectivity index (χ1v) is 11.1. The van der Waals surface area contributed by atoms with Gasteiger partial charge in [-0.25, -0.2) is 4.68 Å². The fourth-order valence-electron chi connectivity index (χ4n) is 4.49. The van der Waals surface area contributed by atoms with Crippen molar-refractivity contribution in [1.82, 2.24) is 9.78 Å². The van der Waals surface area contributed by atoms with Gasteiger partial charge in [-0.05, 0) is 54.3 Å². The van der Waals surface area contributed by atoms with E-state index >= 15 is 0 Å². The van der Waals surface area contributed by atoms with Crippen molar-refractivity contribution in [2.45, 2.75) is 30.7 Å². The van der Waals surface area contributed by atoms with Gasteiger partial charge in [0, 0.05) is 29.6 Å². The van der Waals surface area contributed by atoms with Crippen LogP contribution in [0.4, 0.5) is 5.82 Å². The average molecular weight is 442 g/mol. The average Bonchev–Trinajstić information content (AvgIpc) is 3.63. The minimum absolute atomic E-state index is 0.408. The third-order valence-electron chi connectivity index (χ3n) is 6.47.